The number of nitrogens with one attached hydrogen (secondary N) is 4. The van der Waals surface area contributed by atoms with Gasteiger partial charge in [-0.2, -0.15) is 0 Å². The molecule has 390 valence electrons. The lowest BCUT2D eigenvalue weighted by atomic mass is 9.41. The average Bonchev–Trinajstić information content (AvgIpc) is 3.66. The van der Waals surface area contributed by atoms with Crippen molar-refractivity contribution in [2.24, 2.45) is 23.0 Å². The molecule has 5 aliphatic rings. The summed E-state index contributed by atoms with van der Waals surface area (Å²) in [5.41, 5.74) is 9.97. The van der Waals surface area contributed by atoms with Gasteiger partial charge in [0, 0.05) is 19.2 Å². The van der Waals surface area contributed by atoms with E-state index in [2.05, 4.69) is 80.2 Å². The van der Waals surface area contributed by atoms with Crippen LogP contribution >= 0.6 is 0 Å². The molecule has 6 N–H and O–H groups in total. The lowest BCUT2D eigenvalue weighted by Gasteiger charge is -2.67. The van der Waals surface area contributed by atoms with Crippen LogP contribution in [0.3, 0.4) is 0 Å². The van der Waals surface area contributed by atoms with Crippen LogP contribution in [0.1, 0.15) is 139 Å². The molecule has 4 bridgehead atoms. The molecule has 15 nitrogen and oxygen atoms in total. The molecule has 16 heteroatoms. The predicted molar refractivity (Wildman–Crippen MR) is 279 cm³/mol. The molecule has 0 spiro atoms. The van der Waals surface area contributed by atoms with Crippen molar-refractivity contribution in [2.45, 2.75) is 160 Å². The van der Waals surface area contributed by atoms with Crippen molar-refractivity contribution in [3.8, 4) is 16.9 Å². The van der Waals surface area contributed by atoms with Gasteiger partial charge in [-0.3, -0.25) is 24.0 Å². The zero-order chi connectivity index (χ0) is 52.0. The largest absolute Gasteiger partial charge is 0.496 e. The molecule has 3 saturated carbocycles. The number of carbonyl (C=O) groups is 5. The van der Waals surface area contributed by atoms with Crippen LogP contribution < -0.4 is 31.7 Å². The van der Waals surface area contributed by atoms with Crippen molar-refractivity contribution in [1.82, 2.24) is 26.2 Å². The number of nitrogens with zero attached hydrogens (tertiary/aromatic N) is 1. The monoisotopic (exact) mass is 991 g/mol. The van der Waals surface area contributed by atoms with Crippen LogP contribution in [-0.4, -0.2) is 111 Å². The summed E-state index contributed by atoms with van der Waals surface area (Å²) in [6.07, 6.45) is 8.58. The number of nitrogens with two attached hydrogens (primary N) is 1. The summed E-state index contributed by atoms with van der Waals surface area (Å²) in [6, 6.07) is 16.6. The number of amides is 5. The Morgan fingerprint density at radius 2 is 1.62 bits per heavy atom. The molecule has 8 rings (SSSR count). The van der Waals surface area contributed by atoms with Gasteiger partial charge in [0.05, 0.1) is 30.9 Å². The Morgan fingerprint density at radius 3 is 2.29 bits per heavy atom. The Kier molecular flexibility index (Phi) is 17.6. The maximum Gasteiger partial charge on any atom is 0.481 e. The second-order valence-electron chi connectivity index (χ2n) is 21.7. The molecule has 72 heavy (non-hydrogen) atoms. The predicted octanol–water partition coefficient (Wildman–Crippen LogP) is 6.64. The number of ether oxygens (including phenoxy) is 2. The van der Waals surface area contributed by atoms with Crippen LogP contribution in [0.15, 0.2) is 66.7 Å². The molecule has 0 radical (unpaired) electrons. The van der Waals surface area contributed by atoms with Crippen LogP contribution in [0.25, 0.3) is 11.1 Å². The van der Waals surface area contributed by atoms with Crippen LogP contribution in [-0.2, 0) is 46.1 Å². The topological polar surface area (TPSA) is 200 Å². The number of likely N-dealkylation sites (N-methyl/N-ethyl adjacent to an activating group) is 1. The molecule has 9 atom stereocenters. The minimum absolute atomic E-state index is 0.113. The highest BCUT2D eigenvalue weighted by Crippen LogP contribution is 2.69. The van der Waals surface area contributed by atoms with Crippen LogP contribution in [0.5, 0.6) is 5.75 Å². The van der Waals surface area contributed by atoms with E-state index in [9.17, 15) is 24.0 Å². The van der Waals surface area contributed by atoms with Gasteiger partial charge >= 0.3 is 7.12 Å². The normalized spacial score (nSPS) is 27.0. The van der Waals surface area contributed by atoms with Gasteiger partial charge in [-0.1, -0.05) is 69.7 Å². The van der Waals surface area contributed by atoms with E-state index in [0.717, 1.165) is 48.8 Å². The van der Waals surface area contributed by atoms with Gasteiger partial charge in [0.15, 0.2) is 0 Å². The van der Waals surface area contributed by atoms with Gasteiger partial charge in [0.1, 0.15) is 29.9 Å². The third-order valence-corrected chi connectivity index (χ3v) is 16.4. The summed E-state index contributed by atoms with van der Waals surface area (Å²) < 4.78 is 25.1. The maximum atomic E-state index is 14.8. The quantitative estimate of drug-likeness (QED) is 0.0767. The van der Waals surface area contributed by atoms with E-state index in [4.69, 9.17) is 24.5 Å². The first-order valence-corrected chi connectivity index (χ1v) is 26.3. The molecular formula is C56H79BN6O9. The Hall–Kier alpha value is -5.29. The molecule has 0 aromatic heterocycles. The van der Waals surface area contributed by atoms with Gasteiger partial charge in [0.2, 0.25) is 23.6 Å². The number of hydrogen-bond donors (Lipinski definition) is 5. The van der Waals surface area contributed by atoms with Gasteiger partial charge in [-0.15, -0.1) is 0 Å². The van der Waals surface area contributed by atoms with E-state index in [1.807, 2.05) is 25.1 Å². The second-order valence-corrected chi connectivity index (χ2v) is 21.7. The summed E-state index contributed by atoms with van der Waals surface area (Å²) in [5, 5.41) is 11.7. The third kappa shape index (κ3) is 11.7. The van der Waals surface area contributed by atoms with Gasteiger partial charge < -0.3 is 50.7 Å². The van der Waals surface area contributed by atoms with E-state index >= 15 is 0 Å². The molecule has 3 aliphatic carbocycles. The Morgan fingerprint density at radius 1 is 0.917 bits per heavy atom. The SMILES string of the molecule is CCCCc1ccc(-c2ccc(C(=O)N[C@@H](CCCCN)C(=O)N(C)[C@@H]3C(=O)N[C@@H](C)C(=O)N[C@H](C(=O)N[C@@H](C)B4O[C@]5(C)C[C@@H]6C[C@@H](C6(C)C)[C@]5(C)O4)COCCCCc4cc3ccc4OC)cc2)cc1. The number of carbonyl (C=O) groups excluding carboxylic acids is 5. The van der Waals surface area contributed by atoms with Crippen molar-refractivity contribution in [3.05, 3.63) is 89.0 Å². The summed E-state index contributed by atoms with van der Waals surface area (Å²) in [7, 11) is 2.41. The number of unbranched alkanes of at least 4 members (excludes halogenated alkanes) is 2. The zero-order valence-electron chi connectivity index (χ0n) is 44.1. The van der Waals surface area contributed by atoms with Crippen molar-refractivity contribution in [2.75, 3.05) is 33.9 Å². The van der Waals surface area contributed by atoms with Gasteiger partial charge in [-0.25, -0.2) is 0 Å². The second kappa shape index (κ2) is 23.3. The number of fused-ring (bicyclic) bond motifs is 2. The van der Waals surface area contributed by atoms with Crippen molar-refractivity contribution < 1.29 is 42.8 Å². The number of benzene rings is 3. The lowest BCUT2D eigenvalue weighted by molar-refractivity contribution is -0.235. The lowest BCUT2D eigenvalue weighted by Crippen LogP contribution is -2.70. The third-order valence-electron chi connectivity index (χ3n) is 16.4. The highest BCUT2D eigenvalue weighted by molar-refractivity contribution is 6.48. The fraction of sp³-hybridized carbons (Fsp3) is 0.589. The van der Waals surface area contributed by atoms with Crippen LogP contribution in [0.4, 0.5) is 0 Å². The fourth-order valence-electron chi connectivity index (χ4n) is 11.5. The van der Waals surface area contributed by atoms with Gasteiger partial charge in [0.25, 0.3) is 5.91 Å². The molecule has 5 amide bonds. The molecule has 3 aromatic carbocycles. The maximum absolute atomic E-state index is 14.8. The molecular weight excluding hydrogens is 911 g/mol. The average molecular weight is 991 g/mol. The van der Waals surface area contributed by atoms with Crippen LogP contribution in [0, 0.1) is 17.3 Å². The summed E-state index contributed by atoms with van der Waals surface area (Å²) in [6.45, 7) is 15.0. The summed E-state index contributed by atoms with van der Waals surface area (Å²) in [4.78, 5) is 72.9. The fourth-order valence-corrected chi connectivity index (χ4v) is 11.5. The minimum atomic E-state index is -1.23. The van der Waals surface area contributed by atoms with Crippen molar-refractivity contribution in [3.63, 3.8) is 0 Å². The minimum Gasteiger partial charge on any atom is -0.496 e. The van der Waals surface area contributed by atoms with Crippen molar-refractivity contribution in [1.29, 1.82) is 0 Å². The van der Waals surface area contributed by atoms with E-state index in [0.29, 0.717) is 74.0 Å². The molecule has 2 heterocycles. The standard InChI is InChI=1S/C56H79BN6O9/c1-10-11-16-37-19-21-38(22-20-37)39-23-25-40(26-24-39)50(65)61-44(18-12-14-29-58)53(68)63(8)48-42-27-28-46(69-9)41(31-42)17-13-15-30-70-34-45(62-49(64)35(2)59-52(48)67)51(66)60-36(3)57-71-55(6)33-43-32-47(54(43,4)5)56(55,7)72-57/h19-28,31,35-36,43-45,47-48H,10-18,29-30,32-34,58H2,1-9H3,(H,59,67)(H,60,66)(H,61,65)(H,62,64)/t35-,36-,43-,44-,45-,47-,48-,55+,56-/m0/s1. The Labute approximate surface area is 427 Å². The molecule has 3 aromatic rings. The van der Waals surface area contributed by atoms with E-state index in [1.165, 1.54) is 24.4 Å². The summed E-state index contributed by atoms with van der Waals surface area (Å²) in [5.74, 6) is -1.75. The highest BCUT2D eigenvalue weighted by atomic mass is 16.7. The first-order valence-electron chi connectivity index (χ1n) is 26.3. The number of hydrogen-bond acceptors (Lipinski definition) is 10. The van der Waals surface area contributed by atoms with E-state index in [1.54, 1.807) is 31.4 Å². The number of rotatable bonds is 16. The first-order chi connectivity index (χ1) is 34.3. The van der Waals surface area contributed by atoms with E-state index in [-0.39, 0.29) is 18.4 Å². The molecule has 1 saturated heterocycles. The highest BCUT2D eigenvalue weighted by Gasteiger charge is 2.73. The first kappa shape index (κ1) is 54.5. The molecule has 0 unspecified atom stereocenters. The van der Waals surface area contributed by atoms with Gasteiger partial charge in [-0.05, 0) is 168 Å². The number of aryl methyl sites for hydroxylation is 2. The van der Waals surface area contributed by atoms with Crippen molar-refractivity contribution >= 4 is 36.7 Å². The molecule has 4 fully saturated rings. The Bertz CT molecular complexity index is 2400. The number of methoxy groups -OCH3 is 1. The van der Waals surface area contributed by atoms with E-state index < -0.39 is 78.0 Å². The molecule has 2 aliphatic heterocycles. The van der Waals surface area contributed by atoms with Crippen LogP contribution in [0.2, 0.25) is 0 Å². The summed E-state index contributed by atoms with van der Waals surface area (Å²) >= 11 is 0. The Balaban J connectivity index is 1.07. The smallest absolute Gasteiger partial charge is 0.481 e. The zero-order valence-corrected chi connectivity index (χ0v) is 44.1.